The normalized spacial score (nSPS) is 37.9. The summed E-state index contributed by atoms with van der Waals surface area (Å²) in [5.41, 5.74) is -0.723. The fourth-order valence-corrected chi connectivity index (χ4v) is 11.8. The number of terminal acetylenes is 1. The van der Waals surface area contributed by atoms with E-state index in [9.17, 15) is 29.9 Å². The lowest BCUT2D eigenvalue weighted by Gasteiger charge is -2.48. The van der Waals surface area contributed by atoms with E-state index in [4.69, 9.17) is 44.3 Å². The molecule has 4 aliphatic rings. The molecule has 4 N–H and O–H groups in total. The van der Waals surface area contributed by atoms with Crippen molar-refractivity contribution in [1.82, 2.24) is 19.9 Å². The molecule has 0 radical (unpaired) electrons. The number of nitrogens with one attached hydrogen (secondary N) is 1. The van der Waals surface area contributed by atoms with Gasteiger partial charge >= 0.3 is 5.97 Å². The topological polar surface area (TPSA) is 213 Å². The van der Waals surface area contributed by atoms with Gasteiger partial charge in [0.25, 0.3) is 0 Å². The minimum atomic E-state index is -2.31. The summed E-state index contributed by atoms with van der Waals surface area (Å²) in [7, 11) is 5.21. The lowest BCUT2D eigenvalue weighted by atomic mass is 9.73. The molecular weight excluding hydrogens is 956 g/mol. The van der Waals surface area contributed by atoms with Crippen molar-refractivity contribution in [3.05, 3.63) is 41.7 Å². The van der Waals surface area contributed by atoms with E-state index < -0.39 is 109 Å². The molecule has 6 rings (SSSR count). The lowest BCUT2D eigenvalue weighted by molar-refractivity contribution is -0.292. The quantitative estimate of drug-likeness (QED) is 0.117. The van der Waals surface area contributed by atoms with Crippen molar-refractivity contribution in [2.45, 2.75) is 186 Å². The Morgan fingerprint density at radius 1 is 1.00 bits per heavy atom. The number of methoxy groups -OCH3 is 2. The lowest BCUT2D eigenvalue weighted by Crippen LogP contribution is -2.59. The van der Waals surface area contributed by atoms with Crippen LogP contribution in [0.25, 0.3) is 0 Å². The monoisotopic (exact) mass is 1040 g/mol. The van der Waals surface area contributed by atoms with Crippen LogP contribution in [0.4, 0.5) is 10.1 Å². The van der Waals surface area contributed by atoms with E-state index >= 15 is 0 Å². The molecular formula is C55H87FN6O12. The van der Waals surface area contributed by atoms with E-state index in [1.54, 1.807) is 52.8 Å². The Balaban J connectivity index is 1.23. The van der Waals surface area contributed by atoms with Crippen LogP contribution in [0.2, 0.25) is 0 Å². The number of aliphatic hydroxyl groups is 3. The molecule has 0 spiro atoms. The fraction of sp³-hybridized carbons (Fsp3) is 0.782. The maximum atomic E-state index is 14.9. The van der Waals surface area contributed by atoms with Gasteiger partial charge in [-0.15, -0.1) is 11.5 Å². The molecule has 4 fully saturated rings. The van der Waals surface area contributed by atoms with Gasteiger partial charge < -0.3 is 68.4 Å². The van der Waals surface area contributed by atoms with Gasteiger partial charge in [-0.2, -0.15) is 0 Å². The van der Waals surface area contributed by atoms with Gasteiger partial charge in [0.2, 0.25) is 0 Å². The first kappa shape index (κ1) is 59.6. The third-order valence-electron chi connectivity index (χ3n) is 16.6. The van der Waals surface area contributed by atoms with Crippen LogP contribution < -0.4 is 4.90 Å². The summed E-state index contributed by atoms with van der Waals surface area (Å²) in [6.45, 7) is 19.3. The Morgan fingerprint density at radius 2 is 1.68 bits per heavy atom. The molecule has 2 aromatic rings. The maximum absolute atomic E-state index is 14.9. The van der Waals surface area contributed by atoms with Gasteiger partial charge in [0.1, 0.15) is 31.0 Å². The first-order chi connectivity index (χ1) is 35.1. The Morgan fingerprint density at radius 3 is 2.28 bits per heavy atom. The number of esters is 1. The van der Waals surface area contributed by atoms with Gasteiger partial charge in [0, 0.05) is 88.6 Å². The number of benzene rings is 1. The molecule has 4 aliphatic heterocycles. The van der Waals surface area contributed by atoms with Crippen LogP contribution in [-0.4, -0.2) is 180 Å². The molecule has 416 valence electrons. The zero-order valence-corrected chi connectivity index (χ0v) is 45.9. The molecule has 5 heterocycles. The molecule has 74 heavy (non-hydrogen) atoms. The fourth-order valence-electron chi connectivity index (χ4n) is 11.8. The number of carbonyl (C=O) groups is 1. The smallest absolute Gasteiger partial charge is 0.311 e. The first-order valence-electron chi connectivity index (χ1n) is 26.8. The van der Waals surface area contributed by atoms with Crippen LogP contribution in [0, 0.1) is 47.3 Å². The number of aromatic nitrogens is 3. The van der Waals surface area contributed by atoms with Crippen LogP contribution in [0.1, 0.15) is 118 Å². The zero-order chi connectivity index (χ0) is 54.2. The van der Waals surface area contributed by atoms with Crippen molar-refractivity contribution < 1.29 is 62.4 Å². The standard InChI is InChI=1S/C55H87FN6O12/c1-14-44-55(66,15-2)51(64)35(6)47(57)33(4)29-54(10,68-13)52(36(7)49(37(8)53(65)72-44)73-45-26-32(3)48(63)38(9)71-45)74-46-28-42(27-34(5)70-46)60(11)21-20-40-31-62(59-58-40)43(30-56)50(67-12)39-16-18-41(19-17-39)61-22-24-69-25-23-61/h2,16-19,31-38,42-46,48-52,57,63-64,66H,14,20-30H2,1,3-13H3/t32-,33+,34+,35-,36-,37+,38-,42-,43+,44+,45-,46-,48+,49-,50+,51+,52+,54+,55+/m0/s1. The van der Waals surface area contributed by atoms with Gasteiger partial charge in [-0.05, 0) is 83.5 Å². The number of ether oxygens (including phenoxy) is 8. The second kappa shape index (κ2) is 26.1. The molecule has 0 aliphatic carbocycles. The highest BCUT2D eigenvalue weighted by Crippen LogP contribution is 2.41. The molecule has 1 aromatic heterocycles. The summed E-state index contributed by atoms with van der Waals surface area (Å²) < 4.78 is 67.3. The Hall–Kier alpha value is -3.65. The number of carbonyl (C=O) groups excluding carboxylic acids is 1. The Labute approximate surface area is 438 Å². The highest BCUT2D eigenvalue weighted by atomic mass is 19.1. The van der Waals surface area contributed by atoms with Crippen LogP contribution in [0.15, 0.2) is 30.5 Å². The number of rotatable bonds is 16. The number of halogens is 1. The molecule has 1 aromatic carbocycles. The second-order valence-corrected chi connectivity index (χ2v) is 21.9. The average molecular weight is 1040 g/mol. The summed E-state index contributed by atoms with van der Waals surface area (Å²) in [4.78, 5) is 19.0. The Bertz CT molecular complexity index is 2130. The zero-order valence-electron chi connectivity index (χ0n) is 45.9. The third kappa shape index (κ3) is 13.5. The molecule has 18 nitrogen and oxygen atoms in total. The van der Waals surface area contributed by atoms with E-state index in [2.05, 4.69) is 26.0 Å². The summed E-state index contributed by atoms with van der Waals surface area (Å²) in [5, 5.41) is 52.6. The number of alkyl halides is 1. The van der Waals surface area contributed by atoms with Crippen molar-refractivity contribution in [2.24, 2.45) is 29.6 Å². The summed E-state index contributed by atoms with van der Waals surface area (Å²) in [5.74, 6) is -1.68. The van der Waals surface area contributed by atoms with Crippen LogP contribution >= 0.6 is 0 Å². The number of cyclic esters (lactones) is 1. The number of aliphatic hydroxyl groups excluding tert-OH is 2. The van der Waals surface area contributed by atoms with Crippen molar-refractivity contribution in [3.8, 4) is 12.3 Å². The summed E-state index contributed by atoms with van der Waals surface area (Å²) in [6.07, 6.45) is 1.69. The SMILES string of the molecule is C#C[C@]1(O)[C@H](O)[C@@H](C)C(=N)[C@H](C)C[C@@](C)(OC)[C@H](O[C@H]2C[C@@H](N(C)CCc3cn([C@H](CF)[C@H](OC)c4ccc(N5CCOCC5)cc4)nn3)C[C@@H](C)O2)[C@@H](C)[C@H](O[C@H]2C[C@H](C)[C@@H](O)[C@H](C)O2)[C@@H](C)C(=O)O[C@@H]1CC. The molecule has 19 atom stereocenters. The highest BCUT2D eigenvalue weighted by molar-refractivity contribution is 5.86. The van der Waals surface area contributed by atoms with Crippen molar-refractivity contribution in [1.29, 1.82) is 5.41 Å². The van der Waals surface area contributed by atoms with Gasteiger partial charge in [-0.1, -0.05) is 57.9 Å². The predicted octanol–water partition coefficient (Wildman–Crippen LogP) is 5.70. The van der Waals surface area contributed by atoms with Gasteiger partial charge in [0.15, 0.2) is 18.2 Å². The van der Waals surface area contributed by atoms with Crippen LogP contribution in [0.3, 0.4) is 0 Å². The summed E-state index contributed by atoms with van der Waals surface area (Å²) in [6, 6.07) is 7.30. The van der Waals surface area contributed by atoms with Crippen LogP contribution in [-0.2, 0) is 49.1 Å². The number of morpholine rings is 1. The molecule has 0 amide bonds. The maximum Gasteiger partial charge on any atom is 0.311 e. The third-order valence-corrected chi connectivity index (χ3v) is 16.6. The molecule has 0 saturated carbocycles. The number of nitrogens with zero attached hydrogens (tertiary/aromatic N) is 5. The highest BCUT2D eigenvalue weighted by Gasteiger charge is 2.53. The summed E-state index contributed by atoms with van der Waals surface area (Å²) >= 11 is 0. The van der Waals surface area contributed by atoms with Gasteiger partial charge in [0.05, 0.1) is 60.9 Å². The van der Waals surface area contributed by atoms with Crippen molar-refractivity contribution in [3.63, 3.8) is 0 Å². The predicted molar refractivity (Wildman–Crippen MR) is 276 cm³/mol. The molecule has 0 unspecified atom stereocenters. The molecule has 19 heteroatoms. The first-order valence-corrected chi connectivity index (χ1v) is 26.8. The average Bonchev–Trinajstić information content (AvgIpc) is 3.88. The van der Waals surface area contributed by atoms with Gasteiger partial charge in [-0.3, -0.25) is 4.79 Å². The number of likely N-dealkylation sites (N-methyl/N-ethyl adjacent to an activating group) is 1. The number of hydrogen-bond donors (Lipinski definition) is 4. The van der Waals surface area contributed by atoms with Crippen LogP contribution in [0.5, 0.6) is 0 Å². The van der Waals surface area contributed by atoms with E-state index in [-0.39, 0.29) is 36.6 Å². The van der Waals surface area contributed by atoms with Crippen molar-refractivity contribution >= 4 is 17.4 Å². The second-order valence-electron chi connectivity index (χ2n) is 21.9. The minimum Gasteiger partial charge on any atom is -0.458 e. The van der Waals surface area contributed by atoms with Crippen molar-refractivity contribution in [2.75, 3.05) is 65.7 Å². The van der Waals surface area contributed by atoms with E-state index in [1.807, 2.05) is 65.9 Å². The largest absolute Gasteiger partial charge is 0.458 e. The molecule has 4 saturated heterocycles. The minimum absolute atomic E-state index is 0.000356. The molecule has 0 bridgehead atoms. The number of hydrogen-bond acceptors (Lipinski definition) is 17. The van der Waals surface area contributed by atoms with E-state index in [1.165, 1.54) is 0 Å². The van der Waals surface area contributed by atoms with E-state index in [0.29, 0.717) is 51.1 Å². The Kier molecular flexibility index (Phi) is 21.0. The van der Waals surface area contributed by atoms with E-state index in [0.717, 1.165) is 24.3 Å². The van der Waals surface area contributed by atoms with Gasteiger partial charge in [-0.25, -0.2) is 9.07 Å². The number of anilines is 1.